The molecule has 1 heterocycles. The summed E-state index contributed by atoms with van der Waals surface area (Å²) in [6.45, 7) is 3.63. The van der Waals surface area contributed by atoms with Crippen LogP contribution in [0.25, 0.3) is 0 Å². The first kappa shape index (κ1) is 14.7. The van der Waals surface area contributed by atoms with Gasteiger partial charge in [0.05, 0.1) is 17.2 Å². The van der Waals surface area contributed by atoms with E-state index >= 15 is 0 Å². The van der Waals surface area contributed by atoms with Gasteiger partial charge in [0.15, 0.2) is 0 Å². The molecule has 0 aliphatic carbocycles. The van der Waals surface area contributed by atoms with Crippen molar-refractivity contribution in [3.63, 3.8) is 0 Å². The van der Waals surface area contributed by atoms with Gasteiger partial charge in [-0.2, -0.15) is 0 Å². The summed E-state index contributed by atoms with van der Waals surface area (Å²) < 4.78 is 5.20. The minimum absolute atomic E-state index is 0.119. The first-order valence-corrected chi connectivity index (χ1v) is 6.14. The highest BCUT2D eigenvalue weighted by molar-refractivity contribution is 6.33. The highest BCUT2D eigenvalue weighted by Crippen LogP contribution is 2.19. The monoisotopic (exact) mass is 271 g/mol. The molecule has 1 aromatic rings. The molecule has 0 saturated heterocycles. The lowest BCUT2D eigenvalue weighted by molar-refractivity contribution is 0.0709. The van der Waals surface area contributed by atoms with Crippen LogP contribution >= 0.6 is 11.6 Å². The third kappa shape index (κ3) is 3.85. The van der Waals surface area contributed by atoms with E-state index in [0.29, 0.717) is 36.2 Å². The summed E-state index contributed by atoms with van der Waals surface area (Å²) in [6.07, 6.45) is 1.51. The standard InChI is InChI=1S/C12H18ClN3O2/c1-4-18-6-5-16(3)12(17)9-7-10(13)11(14-2)15-8-9/h7-8H,4-6H2,1-3H3,(H,14,15). The number of aromatic nitrogens is 1. The van der Waals surface area contributed by atoms with Gasteiger partial charge in [-0.3, -0.25) is 4.79 Å². The molecule has 0 bridgehead atoms. The predicted octanol–water partition coefficient (Wildman–Crippen LogP) is 1.89. The van der Waals surface area contributed by atoms with Gasteiger partial charge < -0.3 is 15.0 Å². The first-order valence-electron chi connectivity index (χ1n) is 5.76. The Bertz CT molecular complexity index is 412. The van der Waals surface area contributed by atoms with Gasteiger partial charge >= 0.3 is 0 Å². The Morgan fingerprint density at radius 2 is 2.33 bits per heavy atom. The molecule has 1 aromatic heterocycles. The number of anilines is 1. The molecule has 1 amide bonds. The smallest absolute Gasteiger partial charge is 0.255 e. The molecular weight excluding hydrogens is 254 g/mol. The number of rotatable bonds is 6. The zero-order valence-electron chi connectivity index (χ0n) is 10.9. The fraction of sp³-hybridized carbons (Fsp3) is 0.500. The number of ether oxygens (including phenoxy) is 1. The van der Waals surface area contributed by atoms with E-state index in [2.05, 4.69) is 10.3 Å². The molecule has 6 heteroatoms. The van der Waals surface area contributed by atoms with E-state index in [1.165, 1.54) is 6.20 Å². The Morgan fingerprint density at radius 3 is 2.89 bits per heavy atom. The molecule has 0 spiro atoms. The fourth-order valence-electron chi connectivity index (χ4n) is 1.41. The van der Waals surface area contributed by atoms with Gasteiger partial charge in [0, 0.05) is 33.4 Å². The van der Waals surface area contributed by atoms with Crippen LogP contribution in [0.3, 0.4) is 0 Å². The molecule has 18 heavy (non-hydrogen) atoms. The molecule has 0 saturated carbocycles. The molecule has 0 aromatic carbocycles. The summed E-state index contributed by atoms with van der Waals surface area (Å²) in [5.74, 6) is 0.442. The Labute approximate surface area is 112 Å². The molecule has 0 unspecified atom stereocenters. The lowest BCUT2D eigenvalue weighted by Crippen LogP contribution is -2.30. The largest absolute Gasteiger partial charge is 0.380 e. The second-order valence-corrected chi connectivity index (χ2v) is 4.14. The third-order valence-corrected chi connectivity index (χ3v) is 2.73. The number of hydrogen-bond acceptors (Lipinski definition) is 4. The second kappa shape index (κ2) is 7.18. The maximum absolute atomic E-state index is 12.0. The Morgan fingerprint density at radius 1 is 1.61 bits per heavy atom. The molecule has 1 N–H and O–H groups in total. The van der Waals surface area contributed by atoms with Gasteiger partial charge in [-0.25, -0.2) is 4.98 Å². The van der Waals surface area contributed by atoms with Crippen molar-refractivity contribution in [3.8, 4) is 0 Å². The summed E-state index contributed by atoms with van der Waals surface area (Å²) in [6, 6.07) is 1.61. The van der Waals surface area contributed by atoms with Crippen LogP contribution in [0, 0.1) is 0 Å². The van der Waals surface area contributed by atoms with Crippen molar-refractivity contribution in [1.29, 1.82) is 0 Å². The molecule has 0 radical (unpaired) electrons. The van der Waals surface area contributed by atoms with E-state index in [1.807, 2.05) is 6.92 Å². The van der Waals surface area contributed by atoms with Crippen LogP contribution in [0.2, 0.25) is 5.02 Å². The number of carbonyl (C=O) groups excluding carboxylic acids is 1. The Balaban J connectivity index is 2.68. The number of carbonyl (C=O) groups is 1. The summed E-state index contributed by atoms with van der Waals surface area (Å²) >= 11 is 5.98. The minimum Gasteiger partial charge on any atom is -0.380 e. The predicted molar refractivity (Wildman–Crippen MR) is 72.2 cm³/mol. The average Bonchev–Trinajstić information content (AvgIpc) is 2.38. The second-order valence-electron chi connectivity index (χ2n) is 3.73. The van der Waals surface area contributed by atoms with E-state index in [-0.39, 0.29) is 5.91 Å². The molecule has 0 fully saturated rings. The molecule has 5 nitrogen and oxygen atoms in total. The van der Waals surface area contributed by atoms with Crippen molar-refractivity contribution >= 4 is 23.3 Å². The van der Waals surface area contributed by atoms with Crippen LogP contribution in [0.5, 0.6) is 0 Å². The van der Waals surface area contributed by atoms with E-state index in [4.69, 9.17) is 16.3 Å². The molecule has 0 aliphatic heterocycles. The maximum atomic E-state index is 12.0. The number of amides is 1. The summed E-state index contributed by atoms with van der Waals surface area (Å²) in [5.41, 5.74) is 0.470. The molecule has 1 rings (SSSR count). The van der Waals surface area contributed by atoms with Crippen LogP contribution in [0.1, 0.15) is 17.3 Å². The SMILES string of the molecule is CCOCCN(C)C(=O)c1cnc(NC)c(Cl)c1. The van der Waals surface area contributed by atoms with Gasteiger partial charge in [0.2, 0.25) is 0 Å². The zero-order chi connectivity index (χ0) is 13.5. The van der Waals surface area contributed by atoms with Gasteiger partial charge in [0.25, 0.3) is 5.91 Å². The summed E-state index contributed by atoms with van der Waals surface area (Å²) in [5, 5.41) is 3.28. The lowest BCUT2D eigenvalue weighted by Gasteiger charge is -2.17. The maximum Gasteiger partial charge on any atom is 0.255 e. The fourth-order valence-corrected chi connectivity index (χ4v) is 1.67. The van der Waals surface area contributed by atoms with E-state index in [9.17, 15) is 4.79 Å². The van der Waals surface area contributed by atoms with Crippen molar-refractivity contribution in [2.45, 2.75) is 6.92 Å². The van der Waals surface area contributed by atoms with Crippen molar-refractivity contribution in [1.82, 2.24) is 9.88 Å². The number of nitrogens with one attached hydrogen (secondary N) is 1. The van der Waals surface area contributed by atoms with Crippen LogP contribution in [-0.4, -0.2) is 49.6 Å². The van der Waals surface area contributed by atoms with Crippen molar-refractivity contribution in [3.05, 3.63) is 22.8 Å². The summed E-state index contributed by atoms with van der Waals surface area (Å²) in [4.78, 5) is 17.7. The van der Waals surface area contributed by atoms with Gasteiger partial charge in [-0.05, 0) is 13.0 Å². The van der Waals surface area contributed by atoms with Gasteiger partial charge in [-0.15, -0.1) is 0 Å². The van der Waals surface area contributed by atoms with Crippen LogP contribution in [-0.2, 0) is 4.74 Å². The number of nitrogens with zero attached hydrogens (tertiary/aromatic N) is 2. The molecule has 0 atom stereocenters. The highest BCUT2D eigenvalue weighted by atomic mass is 35.5. The van der Waals surface area contributed by atoms with Gasteiger partial charge in [-0.1, -0.05) is 11.6 Å². The number of hydrogen-bond donors (Lipinski definition) is 1. The van der Waals surface area contributed by atoms with Crippen molar-refractivity contribution < 1.29 is 9.53 Å². The molecule has 100 valence electrons. The Hall–Kier alpha value is -1.33. The van der Waals surface area contributed by atoms with Crippen LogP contribution in [0.4, 0.5) is 5.82 Å². The Kier molecular flexibility index (Phi) is 5.88. The average molecular weight is 272 g/mol. The highest BCUT2D eigenvalue weighted by Gasteiger charge is 2.13. The zero-order valence-corrected chi connectivity index (χ0v) is 11.6. The minimum atomic E-state index is -0.119. The van der Waals surface area contributed by atoms with E-state index < -0.39 is 0 Å². The summed E-state index contributed by atoms with van der Waals surface area (Å²) in [7, 11) is 3.45. The van der Waals surface area contributed by atoms with Gasteiger partial charge in [0.1, 0.15) is 5.82 Å². The number of likely N-dealkylation sites (N-methyl/N-ethyl adjacent to an activating group) is 1. The topological polar surface area (TPSA) is 54.5 Å². The third-order valence-electron chi connectivity index (χ3n) is 2.45. The quantitative estimate of drug-likeness (QED) is 0.803. The first-order chi connectivity index (χ1) is 8.60. The van der Waals surface area contributed by atoms with E-state index in [1.54, 1.807) is 25.1 Å². The van der Waals surface area contributed by atoms with Crippen LogP contribution < -0.4 is 5.32 Å². The number of halogens is 1. The van der Waals surface area contributed by atoms with Crippen molar-refractivity contribution in [2.24, 2.45) is 0 Å². The normalized spacial score (nSPS) is 10.2. The van der Waals surface area contributed by atoms with E-state index in [0.717, 1.165) is 0 Å². The van der Waals surface area contributed by atoms with Crippen LogP contribution in [0.15, 0.2) is 12.3 Å². The number of pyridine rings is 1. The molecule has 0 aliphatic rings. The lowest BCUT2D eigenvalue weighted by atomic mass is 10.2. The molecular formula is C12H18ClN3O2. The van der Waals surface area contributed by atoms with Crippen molar-refractivity contribution in [2.75, 3.05) is 39.2 Å².